The van der Waals surface area contributed by atoms with Gasteiger partial charge < -0.3 is 4.74 Å². The highest BCUT2D eigenvalue weighted by atomic mass is 16.5. The van der Waals surface area contributed by atoms with E-state index in [2.05, 4.69) is 22.4 Å². The third-order valence-corrected chi connectivity index (χ3v) is 3.37. The van der Waals surface area contributed by atoms with Crippen LogP contribution in [0.3, 0.4) is 0 Å². The Hall–Kier alpha value is -0.980. The summed E-state index contributed by atoms with van der Waals surface area (Å²) in [5, 5.41) is 4.23. The van der Waals surface area contributed by atoms with E-state index in [0.717, 1.165) is 51.1 Å². The average Bonchev–Trinajstić information content (AvgIpc) is 3.01. The second kappa shape index (κ2) is 6.82. The highest BCUT2D eigenvalue weighted by Gasteiger charge is 2.21. The minimum Gasteiger partial charge on any atom is -0.378 e. The van der Waals surface area contributed by atoms with Crippen molar-refractivity contribution in [1.82, 2.24) is 20.2 Å². The molecule has 1 aromatic heterocycles. The quantitative estimate of drug-likeness (QED) is 0.550. The molecule has 0 aliphatic carbocycles. The molecule has 3 N–H and O–H groups in total. The van der Waals surface area contributed by atoms with E-state index < -0.39 is 0 Å². The van der Waals surface area contributed by atoms with Crippen molar-refractivity contribution < 1.29 is 4.74 Å². The number of aryl methyl sites for hydroxylation is 1. The van der Waals surface area contributed by atoms with Crippen LogP contribution in [-0.4, -0.2) is 33.5 Å². The van der Waals surface area contributed by atoms with Crippen molar-refractivity contribution in [3.63, 3.8) is 0 Å². The van der Waals surface area contributed by atoms with Crippen molar-refractivity contribution in [1.29, 1.82) is 0 Å². The van der Waals surface area contributed by atoms with Crippen molar-refractivity contribution in [2.75, 3.05) is 6.61 Å². The van der Waals surface area contributed by atoms with Crippen LogP contribution < -0.4 is 11.3 Å². The molecular formula is C12H23N5O. The first-order valence-corrected chi connectivity index (χ1v) is 6.78. The molecule has 0 saturated carbocycles. The number of aromatic nitrogens is 3. The summed E-state index contributed by atoms with van der Waals surface area (Å²) < 4.78 is 7.60. The Balaban J connectivity index is 1.89. The molecule has 1 aromatic rings. The van der Waals surface area contributed by atoms with Crippen molar-refractivity contribution >= 4 is 0 Å². The third kappa shape index (κ3) is 3.51. The zero-order valence-electron chi connectivity index (χ0n) is 11.0. The number of ether oxygens (including phenoxy) is 1. The number of nitrogens with two attached hydrogens (primary N) is 1. The molecule has 2 heterocycles. The highest BCUT2D eigenvalue weighted by molar-refractivity contribution is 4.90. The fourth-order valence-electron chi connectivity index (χ4n) is 2.42. The average molecular weight is 253 g/mol. The SMILES string of the molecule is CCCn1ncnc1CC(CC1CCCO1)NN. The van der Waals surface area contributed by atoms with Crippen LogP contribution >= 0.6 is 0 Å². The van der Waals surface area contributed by atoms with E-state index in [4.69, 9.17) is 10.6 Å². The zero-order chi connectivity index (χ0) is 12.8. The molecule has 6 nitrogen and oxygen atoms in total. The number of hydrogen-bond donors (Lipinski definition) is 2. The zero-order valence-corrected chi connectivity index (χ0v) is 11.0. The Bertz CT molecular complexity index is 348. The molecule has 1 saturated heterocycles. The van der Waals surface area contributed by atoms with Gasteiger partial charge in [-0.15, -0.1) is 0 Å². The lowest BCUT2D eigenvalue weighted by Gasteiger charge is -2.19. The molecule has 18 heavy (non-hydrogen) atoms. The van der Waals surface area contributed by atoms with Gasteiger partial charge in [0.05, 0.1) is 6.10 Å². The fourth-order valence-corrected chi connectivity index (χ4v) is 2.42. The van der Waals surface area contributed by atoms with Gasteiger partial charge in [0.15, 0.2) is 0 Å². The second-order valence-corrected chi connectivity index (χ2v) is 4.84. The summed E-state index contributed by atoms with van der Waals surface area (Å²) in [7, 11) is 0. The molecule has 0 bridgehead atoms. The summed E-state index contributed by atoms with van der Waals surface area (Å²) in [5.41, 5.74) is 2.88. The monoisotopic (exact) mass is 253 g/mol. The summed E-state index contributed by atoms with van der Waals surface area (Å²) >= 11 is 0. The van der Waals surface area contributed by atoms with Gasteiger partial charge in [0.2, 0.25) is 0 Å². The van der Waals surface area contributed by atoms with E-state index in [9.17, 15) is 0 Å². The molecular weight excluding hydrogens is 230 g/mol. The van der Waals surface area contributed by atoms with E-state index >= 15 is 0 Å². The van der Waals surface area contributed by atoms with Crippen LogP contribution in [-0.2, 0) is 17.7 Å². The number of rotatable bonds is 7. The molecule has 2 rings (SSSR count). The lowest BCUT2D eigenvalue weighted by molar-refractivity contribution is 0.0942. The first kappa shape index (κ1) is 13.5. The summed E-state index contributed by atoms with van der Waals surface area (Å²) in [4.78, 5) is 4.31. The normalized spacial score (nSPS) is 21.3. The van der Waals surface area contributed by atoms with Gasteiger partial charge >= 0.3 is 0 Å². The number of hydrogen-bond acceptors (Lipinski definition) is 5. The van der Waals surface area contributed by atoms with Gasteiger partial charge in [-0.1, -0.05) is 6.92 Å². The van der Waals surface area contributed by atoms with E-state index in [-0.39, 0.29) is 6.04 Å². The van der Waals surface area contributed by atoms with Gasteiger partial charge in [-0.05, 0) is 25.7 Å². The van der Waals surface area contributed by atoms with Crippen LogP contribution in [0.2, 0.25) is 0 Å². The van der Waals surface area contributed by atoms with Gasteiger partial charge in [-0.25, -0.2) is 4.98 Å². The first-order chi connectivity index (χ1) is 8.83. The van der Waals surface area contributed by atoms with Crippen LogP contribution in [0.1, 0.15) is 38.4 Å². The Morgan fingerprint density at radius 3 is 3.22 bits per heavy atom. The van der Waals surface area contributed by atoms with Crippen molar-refractivity contribution in [2.24, 2.45) is 5.84 Å². The molecule has 1 aliphatic heterocycles. The second-order valence-electron chi connectivity index (χ2n) is 4.84. The molecule has 0 aromatic carbocycles. The summed E-state index contributed by atoms with van der Waals surface area (Å²) in [6.07, 6.45) is 7.06. The molecule has 0 spiro atoms. The molecule has 1 fully saturated rings. The maximum atomic E-state index is 5.64. The Morgan fingerprint density at radius 2 is 2.56 bits per heavy atom. The standard InChI is InChI=1S/C12H23N5O/c1-2-5-17-12(14-9-15-17)8-10(16-13)7-11-4-3-6-18-11/h9-11,16H,2-8,13H2,1H3. The van der Waals surface area contributed by atoms with Crippen LogP contribution in [0, 0.1) is 0 Å². The Labute approximate surface area is 108 Å². The van der Waals surface area contributed by atoms with Gasteiger partial charge in [-0.3, -0.25) is 16.0 Å². The van der Waals surface area contributed by atoms with E-state index in [1.165, 1.54) is 0 Å². The summed E-state index contributed by atoms with van der Waals surface area (Å²) in [6.45, 7) is 3.93. The predicted molar refractivity (Wildman–Crippen MR) is 68.7 cm³/mol. The van der Waals surface area contributed by atoms with Gasteiger partial charge in [-0.2, -0.15) is 5.10 Å². The Kier molecular flexibility index (Phi) is 5.10. The van der Waals surface area contributed by atoms with Crippen LogP contribution in [0.15, 0.2) is 6.33 Å². The minimum absolute atomic E-state index is 0.202. The lowest BCUT2D eigenvalue weighted by atomic mass is 10.0. The Morgan fingerprint density at radius 1 is 1.67 bits per heavy atom. The third-order valence-electron chi connectivity index (χ3n) is 3.37. The van der Waals surface area contributed by atoms with E-state index in [0.29, 0.717) is 6.10 Å². The lowest BCUT2D eigenvalue weighted by Crippen LogP contribution is -2.39. The molecule has 2 unspecified atom stereocenters. The van der Waals surface area contributed by atoms with Crippen molar-refractivity contribution in [3.05, 3.63) is 12.2 Å². The molecule has 2 atom stereocenters. The van der Waals surface area contributed by atoms with Gasteiger partial charge in [0, 0.05) is 25.6 Å². The van der Waals surface area contributed by atoms with Crippen LogP contribution in [0.5, 0.6) is 0 Å². The summed E-state index contributed by atoms with van der Waals surface area (Å²) in [5.74, 6) is 6.63. The van der Waals surface area contributed by atoms with E-state index in [1.54, 1.807) is 6.33 Å². The smallest absolute Gasteiger partial charge is 0.138 e. The van der Waals surface area contributed by atoms with Crippen LogP contribution in [0.25, 0.3) is 0 Å². The van der Waals surface area contributed by atoms with Crippen molar-refractivity contribution in [3.8, 4) is 0 Å². The molecule has 102 valence electrons. The van der Waals surface area contributed by atoms with Gasteiger partial charge in [0.1, 0.15) is 12.2 Å². The largest absolute Gasteiger partial charge is 0.378 e. The number of hydrazine groups is 1. The maximum Gasteiger partial charge on any atom is 0.138 e. The molecule has 0 radical (unpaired) electrons. The summed E-state index contributed by atoms with van der Waals surface area (Å²) in [6, 6.07) is 0.202. The predicted octanol–water partition coefficient (Wildman–Crippen LogP) is 0.632. The first-order valence-electron chi connectivity index (χ1n) is 6.78. The topological polar surface area (TPSA) is 78.0 Å². The molecule has 0 amide bonds. The molecule has 1 aliphatic rings. The number of nitrogens with one attached hydrogen (secondary N) is 1. The van der Waals surface area contributed by atoms with E-state index in [1.807, 2.05) is 4.68 Å². The van der Waals surface area contributed by atoms with Crippen molar-refractivity contribution in [2.45, 2.75) is 57.7 Å². The number of nitrogens with zero attached hydrogens (tertiary/aromatic N) is 3. The minimum atomic E-state index is 0.202. The molecule has 6 heteroatoms. The van der Waals surface area contributed by atoms with Crippen LogP contribution in [0.4, 0.5) is 0 Å². The highest BCUT2D eigenvalue weighted by Crippen LogP contribution is 2.18. The van der Waals surface area contributed by atoms with Gasteiger partial charge in [0.25, 0.3) is 0 Å². The maximum absolute atomic E-state index is 5.64. The fraction of sp³-hybridized carbons (Fsp3) is 0.833.